The third-order valence-corrected chi connectivity index (χ3v) is 3.92. The van der Waals surface area contributed by atoms with E-state index in [4.69, 9.17) is 26.2 Å². The van der Waals surface area contributed by atoms with Gasteiger partial charge in [-0.05, 0) is 56.1 Å². The van der Waals surface area contributed by atoms with Crippen LogP contribution in [0, 0.1) is 0 Å². The van der Waals surface area contributed by atoms with E-state index in [2.05, 4.69) is 36.8 Å². The Labute approximate surface area is 142 Å². The third-order valence-electron chi connectivity index (χ3n) is 2.47. The first-order chi connectivity index (χ1) is 9.92. The van der Waals surface area contributed by atoms with Crippen molar-refractivity contribution in [2.24, 2.45) is 0 Å². The van der Waals surface area contributed by atoms with Crippen LogP contribution in [0.1, 0.15) is 10.4 Å². The van der Waals surface area contributed by atoms with Gasteiger partial charge < -0.3 is 14.6 Å². The van der Waals surface area contributed by atoms with E-state index < -0.39 is 5.97 Å². The van der Waals surface area contributed by atoms with Gasteiger partial charge in [-0.2, -0.15) is 0 Å². The monoisotopic (exact) mass is 435 g/mol. The number of ether oxygens (including phenoxy) is 2. The van der Waals surface area contributed by atoms with Crippen LogP contribution in [0.4, 0.5) is 0 Å². The van der Waals surface area contributed by atoms with Crippen LogP contribution in [-0.4, -0.2) is 23.2 Å². The number of carbonyl (C=O) groups is 1. The molecule has 0 aliphatic heterocycles. The Kier molecular flexibility index (Phi) is 5.08. The molecule has 1 aromatic heterocycles. The molecular weight excluding hydrogens is 429 g/mol. The van der Waals surface area contributed by atoms with Crippen LogP contribution in [0.25, 0.3) is 0 Å². The van der Waals surface area contributed by atoms with Crippen molar-refractivity contribution in [2.75, 3.05) is 7.11 Å². The zero-order valence-corrected chi connectivity index (χ0v) is 14.5. The standard InChI is InChI=1S/C13H8Br2ClNO4/c1-20-9-4-8(15)10(5-7(9)14)21-12-6(13(18)19)2-3-11(16)17-12/h2-5H,1H3,(H,18,19). The molecule has 1 aromatic carbocycles. The summed E-state index contributed by atoms with van der Waals surface area (Å²) in [4.78, 5) is 15.1. The highest BCUT2D eigenvalue weighted by Crippen LogP contribution is 2.38. The largest absolute Gasteiger partial charge is 0.496 e. The first-order valence-corrected chi connectivity index (χ1v) is 7.49. The van der Waals surface area contributed by atoms with Crippen LogP contribution >= 0.6 is 43.5 Å². The molecule has 21 heavy (non-hydrogen) atoms. The predicted molar refractivity (Wildman–Crippen MR) is 84.7 cm³/mol. The van der Waals surface area contributed by atoms with E-state index in [0.717, 1.165) is 0 Å². The molecule has 0 unspecified atom stereocenters. The van der Waals surface area contributed by atoms with E-state index in [1.165, 1.54) is 19.2 Å². The van der Waals surface area contributed by atoms with Gasteiger partial charge in [0.05, 0.1) is 16.1 Å². The number of rotatable bonds is 4. The number of aromatic carboxylic acids is 1. The number of benzene rings is 1. The summed E-state index contributed by atoms with van der Waals surface area (Å²) < 4.78 is 11.9. The highest BCUT2D eigenvalue weighted by atomic mass is 79.9. The lowest BCUT2D eigenvalue weighted by Crippen LogP contribution is -2.02. The summed E-state index contributed by atoms with van der Waals surface area (Å²) in [7, 11) is 1.54. The van der Waals surface area contributed by atoms with Crippen LogP contribution in [0.2, 0.25) is 5.15 Å². The number of pyridine rings is 1. The van der Waals surface area contributed by atoms with Crippen LogP contribution in [0.15, 0.2) is 33.2 Å². The maximum atomic E-state index is 11.2. The minimum absolute atomic E-state index is 0.0850. The summed E-state index contributed by atoms with van der Waals surface area (Å²) >= 11 is 12.4. The fourth-order valence-corrected chi connectivity index (χ4v) is 2.53. The summed E-state index contributed by atoms with van der Waals surface area (Å²) in [5.74, 6) is -0.266. The van der Waals surface area contributed by atoms with Gasteiger partial charge in [0, 0.05) is 0 Å². The lowest BCUT2D eigenvalue weighted by molar-refractivity contribution is 0.0693. The van der Waals surface area contributed by atoms with E-state index in [1.54, 1.807) is 12.1 Å². The van der Waals surface area contributed by atoms with Gasteiger partial charge in [-0.25, -0.2) is 9.78 Å². The number of carboxylic acid groups (broad SMARTS) is 1. The Morgan fingerprint density at radius 1 is 1.24 bits per heavy atom. The molecule has 0 fully saturated rings. The molecule has 8 heteroatoms. The third kappa shape index (κ3) is 3.66. The van der Waals surface area contributed by atoms with Crippen molar-refractivity contribution < 1.29 is 19.4 Å². The van der Waals surface area contributed by atoms with Gasteiger partial charge in [0.25, 0.3) is 0 Å². The summed E-state index contributed by atoms with van der Waals surface area (Å²) in [6.07, 6.45) is 0. The molecule has 0 saturated carbocycles. The molecule has 110 valence electrons. The minimum Gasteiger partial charge on any atom is -0.496 e. The lowest BCUT2D eigenvalue weighted by atomic mass is 10.2. The molecule has 1 N–H and O–H groups in total. The fraction of sp³-hybridized carbons (Fsp3) is 0.0769. The Morgan fingerprint density at radius 2 is 1.86 bits per heavy atom. The van der Waals surface area contributed by atoms with Gasteiger partial charge in [0.1, 0.15) is 22.2 Å². The molecule has 0 atom stereocenters. The summed E-state index contributed by atoms with van der Waals surface area (Å²) in [6.45, 7) is 0. The van der Waals surface area contributed by atoms with Crippen LogP contribution < -0.4 is 9.47 Å². The first-order valence-electron chi connectivity index (χ1n) is 5.53. The smallest absolute Gasteiger partial charge is 0.341 e. The molecule has 5 nitrogen and oxygen atoms in total. The minimum atomic E-state index is -1.15. The van der Waals surface area contributed by atoms with Crippen molar-refractivity contribution >= 4 is 49.4 Å². The number of nitrogens with zero attached hydrogens (tertiary/aromatic N) is 1. The molecule has 0 saturated heterocycles. The molecule has 2 rings (SSSR count). The van der Waals surface area contributed by atoms with Crippen LogP contribution in [0.3, 0.4) is 0 Å². The van der Waals surface area contributed by atoms with Gasteiger partial charge in [-0.3, -0.25) is 0 Å². The van der Waals surface area contributed by atoms with E-state index in [-0.39, 0.29) is 16.6 Å². The van der Waals surface area contributed by atoms with Crippen molar-refractivity contribution in [2.45, 2.75) is 0 Å². The second-order valence-electron chi connectivity index (χ2n) is 3.81. The highest BCUT2D eigenvalue weighted by molar-refractivity contribution is 9.11. The molecule has 1 heterocycles. The van der Waals surface area contributed by atoms with Gasteiger partial charge in [-0.15, -0.1) is 0 Å². The quantitative estimate of drug-likeness (QED) is 0.699. The lowest BCUT2D eigenvalue weighted by Gasteiger charge is -2.11. The molecule has 0 radical (unpaired) electrons. The molecule has 0 amide bonds. The maximum absolute atomic E-state index is 11.2. The summed E-state index contributed by atoms with van der Waals surface area (Å²) in [6, 6.07) is 6.04. The molecule has 0 spiro atoms. The average molecular weight is 437 g/mol. The first kappa shape index (κ1) is 16.1. The van der Waals surface area contributed by atoms with Gasteiger partial charge >= 0.3 is 5.97 Å². The van der Waals surface area contributed by atoms with Gasteiger partial charge in [0.2, 0.25) is 5.88 Å². The zero-order chi connectivity index (χ0) is 15.6. The second kappa shape index (κ2) is 6.64. The van der Waals surface area contributed by atoms with E-state index in [1.807, 2.05) is 0 Å². The molecule has 2 aromatic rings. The number of hydrogen-bond donors (Lipinski definition) is 1. The topological polar surface area (TPSA) is 68.7 Å². The highest BCUT2D eigenvalue weighted by Gasteiger charge is 2.17. The van der Waals surface area contributed by atoms with Gasteiger partial charge in [0.15, 0.2) is 0 Å². The summed E-state index contributed by atoms with van der Waals surface area (Å²) in [5, 5.41) is 9.27. The fourth-order valence-electron chi connectivity index (χ4n) is 1.51. The normalized spacial score (nSPS) is 10.3. The van der Waals surface area contributed by atoms with Crippen molar-refractivity contribution in [1.29, 1.82) is 0 Å². The molecule has 0 bridgehead atoms. The molecule has 0 aliphatic rings. The SMILES string of the molecule is COc1cc(Br)c(Oc2nc(Cl)ccc2C(=O)O)cc1Br. The Morgan fingerprint density at radius 3 is 2.48 bits per heavy atom. The average Bonchev–Trinajstić information content (AvgIpc) is 2.42. The van der Waals surface area contributed by atoms with Gasteiger partial charge in [-0.1, -0.05) is 11.6 Å². The molecular formula is C13H8Br2ClNO4. The maximum Gasteiger partial charge on any atom is 0.341 e. The predicted octanol–water partition coefficient (Wildman–Crippen LogP) is 4.76. The second-order valence-corrected chi connectivity index (χ2v) is 5.91. The van der Waals surface area contributed by atoms with Crippen LogP contribution in [-0.2, 0) is 0 Å². The Hall–Kier alpha value is -1.31. The summed E-state index contributed by atoms with van der Waals surface area (Å²) in [5.41, 5.74) is -0.0850. The van der Waals surface area contributed by atoms with E-state index >= 15 is 0 Å². The zero-order valence-electron chi connectivity index (χ0n) is 10.6. The van der Waals surface area contributed by atoms with Crippen molar-refractivity contribution in [1.82, 2.24) is 4.98 Å². The van der Waals surface area contributed by atoms with Crippen molar-refractivity contribution in [3.63, 3.8) is 0 Å². The van der Waals surface area contributed by atoms with E-state index in [9.17, 15) is 4.79 Å². The Balaban J connectivity index is 2.45. The van der Waals surface area contributed by atoms with Crippen LogP contribution in [0.5, 0.6) is 17.4 Å². The number of halogens is 3. The van der Waals surface area contributed by atoms with Crippen molar-refractivity contribution in [3.05, 3.63) is 43.9 Å². The number of aromatic nitrogens is 1. The van der Waals surface area contributed by atoms with E-state index in [0.29, 0.717) is 20.4 Å². The van der Waals surface area contributed by atoms with Crippen molar-refractivity contribution in [3.8, 4) is 17.4 Å². The number of hydrogen-bond acceptors (Lipinski definition) is 4. The number of methoxy groups -OCH3 is 1. The Bertz CT molecular complexity index is 709. The number of carboxylic acids is 1. The molecule has 0 aliphatic carbocycles.